The first-order chi connectivity index (χ1) is 10.3. The van der Waals surface area contributed by atoms with Crippen molar-refractivity contribution in [3.63, 3.8) is 0 Å². The molecule has 6 nitrogen and oxygen atoms in total. The lowest BCUT2D eigenvalue weighted by atomic mass is 10.2. The van der Waals surface area contributed by atoms with Gasteiger partial charge in [0, 0.05) is 32.2 Å². The van der Waals surface area contributed by atoms with Gasteiger partial charge in [-0.1, -0.05) is 11.6 Å². The lowest BCUT2D eigenvalue weighted by Crippen LogP contribution is -2.54. The predicted octanol–water partition coefficient (Wildman–Crippen LogP) is 0.736. The third-order valence-corrected chi connectivity index (χ3v) is 5.75. The third kappa shape index (κ3) is 3.97. The molecule has 0 bridgehead atoms. The number of benzene rings is 1. The summed E-state index contributed by atoms with van der Waals surface area (Å²) in [6, 6.07) is 6.21. The van der Waals surface area contributed by atoms with Crippen molar-refractivity contribution in [3.8, 4) is 6.07 Å². The number of hydrogen-bond acceptors (Lipinski definition) is 5. The van der Waals surface area contributed by atoms with Crippen LogP contribution in [0.3, 0.4) is 0 Å². The minimum Gasteiger partial charge on any atom is -0.303 e. The van der Waals surface area contributed by atoms with Crippen molar-refractivity contribution in [2.45, 2.75) is 10.9 Å². The molecule has 1 aromatic rings. The van der Waals surface area contributed by atoms with Gasteiger partial charge in [0.15, 0.2) is 0 Å². The highest BCUT2D eigenvalue weighted by Crippen LogP contribution is 2.22. The van der Waals surface area contributed by atoms with Crippen LogP contribution in [0.25, 0.3) is 0 Å². The van der Waals surface area contributed by atoms with E-state index in [0.717, 1.165) is 19.6 Å². The first-order valence-corrected chi connectivity index (χ1v) is 8.77. The zero-order valence-corrected chi connectivity index (χ0v) is 14.2. The zero-order valence-electron chi connectivity index (χ0n) is 12.6. The molecule has 0 radical (unpaired) electrons. The number of sulfonamides is 1. The minimum atomic E-state index is -3.69. The maximum atomic E-state index is 12.4. The first kappa shape index (κ1) is 17.2. The van der Waals surface area contributed by atoms with Crippen LogP contribution in [-0.4, -0.2) is 64.5 Å². The molecule has 1 atom stereocenters. The quantitative estimate of drug-likeness (QED) is 0.873. The Morgan fingerprint density at radius 3 is 2.77 bits per heavy atom. The molecule has 1 aliphatic heterocycles. The molecule has 120 valence electrons. The summed E-state index contributed by atoms with van der Waals surface area (Å²) in [6.45, 7) is 3.00. The van der Waals surface area contributed by atoms with E-state index in [1.165, 1.54) is 18.2 Å². The van der Waals surface area contributed by atoms with E-state index in [2.05, 4.69) is 14.5 Å². The second kappa shape index (κ2) is 6.94. The Morgan fingerprint density at radius 1 is 1.41 bits per heavy atom. The Labute approximate surface area is 136 Å². The maximum absolute atomic E-state index is 12.4. The van der Waals surface area contributed by atoms with E-state index in [0.29, 0.717) is 12.1 Å². The Kier molecular flexibility index (Phi) is 5.42. The lowest BCUT2D eigenvalue weighted by molar-refractivity contribution is 0.117. The number of nitrogens with one attached hydrogen (secondary N) is 1. The van der Waals surface area contributed by atoms with Gasteiger partial charge in [-0.2, -0.15) is 5.26 Å². The first-order valence-electron chi connectivity index (χ1n) is 6.91. The van der Waals surface area contributed by atoms with Crippen molar-refractivity contribution >= 4 is 21.6 Å². The monoisotopic (exact) mass is 342 g/mol. The molecule has 1 N–H and O–H groups in total. The number of piperazine rings is 1. The van der Waals surface area contributed by atoms with Gasteiger partial charge < -0.3 is 4.90 Å². The van der Waals surface area contributed by atoms with Crippen LogP contribution in [0.1, 0.15) is 5.56 Å². The lowest BCUT2D eigenvalue weighted by Gasteiger charge is -2.37. The topological polar surface area (TPSA) is 76.4 Å². The highest BCUT2D eigenvalue weighted by molar-refractivity contribution is 7.89. The second-order valence-corrected chi connectivity index (χ2v) is 7.65. The normalized spacial score (nSPS) is 20.7. The zero-order chi connectivity index (χ0) is 16.3. The second-order valence-electron chi connectivity index (χ2n) is 5.51. The van der Waals surface area contributed by atoms with E-state index in [-0.39, 0.29) is 16.0 Å². The Morgan fingerprint density at radius 2 is 2.14 bits per heavy atom. The number of nitrogens with zero attached hydrogens (tertiary/aromatic N) is 3. The molecule has 0 aromatic heterocycles. The van der Waals surface area contributed by atoms with Gasteiger partial charge >= 0.3 is 0 Å². The van der Waals surface area contributed by atoms with Crippen LogP contribution in [-0.2, 0) is 10.0 Å². The molecule has 1 fully saturated rings. The summed E-state index contributed by atoms with van der Waals surface area (Å²) in [5, 5.41) is 8.86. The molecular weight excluding hydrogens is 324 g/mol. The molecule has 22 heavy (non-hydrogen) atoms. The van der Waals surface area contributed by atoms with Crippen molar-refractivity contribution in [1.82, 2.24) is 14.5 Å². The van der Waals surface area contributed by atoms with Crippen LogP contribution in [0, 0.1) is 11.3 Å². The largest absolute Gasteiger partial charge is 0.303 e. The van der Waals surface area contributed by atoms with E-state index in [1.807, 2.05) is 20.2 Å². The van der Waals surface area contributed by atoms with Crippen LogP contribution in [0.15, 0.2) is 23.1 Å². The smallest absolute Gasteiger partial charge is 0.242 e. The minimum absolute atomic E-state index is 0.0000150. The highest BCUT2D eigenvalue weighted by atomic mass is 35.5. The fourth-order valence-electron chi connectivity index (χ4n) is 2.39. The molecule has 1 heterocycles. The van der Waals surface area contributed by atoms with E-state index < -0.39 is 10.0 Å². The van der Waals surface area contributed by atoms with Gasteiger partial charge in [-0.05, 0) is 32.3 Å². The molecular formula is C14H19ClN4O2S. The summed E-state index contributed by atoms with van der Waals surface area (Å²) in [4.78, 5) is 4.32. The van der Waals surface area contributed by atoms with Gasteiger partial charge in [0.2, 0.25) is 10.0 Å². The molecule has 1 aromatic carbocycles. The molecule has 0 amide bonds. The standard InChI is InChI=1S/C14H19ClN4O2S/c1-18-5-6-19(2)12(10-18)9-17-22(20,21)14-4-3-11(8-16)7-13(14)15/h3-4,7,12,17H,5-6,9-10H2,1-2H3/t12-/m1/s1. The van der Waals surface area contributed by atoms with Crippen LogP contribution >= 0.6 is 11.6 Å². The Balaban J connectivity index is 2.10. The van der Waals surface area contributed by atoms with Crippen molar-refractivity contribution in [3.05, 3.63) is 28.8 Å². The predicted molar refractivity (Wildman–Crippen MR) is 85.3 cm³/mol. The van der Waals surface area contributed by atoms with E-state index in [9.17, 15) is 8.42 Å². The molecule has 1 saturated heterocycles. The van der Waals surface area contributed by atoms with Gasteiger partial charge in [0.1, 0.15) is 4.90 Å². The molecule has 0 saturated carbocycles. The third-order valence-electron chi connectivity index (χ3n) is 3.84. The van der Waals surface area contributed by atoms with Crippen LogP contribution in [0.2, 0.25) is 5.02 Å². The number of hydrogen-bond donors (Lipinski definition) is 1. The highest BCUT2D eigenvalue weighted by Gasteiger charge is 2.25. The summed E-state index contributed by atoms with van der Waals surface area (Å²) in [6.07, 6.45) is 0. The Bertz CT molecular complexity index is 687. The van der Waals surface area contributed by atoms with Crippen LogP contribution in [0.4, 0.5) is 0 Å². The number of rotatable bonds is 4. The van der Waals surface area contributed by atoms with Crippen molar-refractivity contribution in [2.24, 2.45) is 0 Å². The van der Waals surface area contributed by atoms with Gasteiger partial charge in [-0.3, -0.25) is 4.90 Å². The summed E-state index contributed by atoms with van der Waals surface area (Å²) in [5.41, 5.74) is 0.331. The number of halogens is 1. The van der Waals surface area contributed by atoms with Gasteiger partial charge in [-0.25, -0.2) is 13.1 Å². The molecule has 1 aliphatic rings. The summed E-state index contributed by atoms with van der Waals surface area (Å²) < 4.78 is 27.4. The summed E-state index contributed by atoms with van der Waals surface area (Å²) >= 11 is 5.98. The van der Waals surface area contributed by atoms with Gasteiger partial charge in [0.05, 0.1) is 16.7 Å². The van der Waals surface area contributed by atoms with Crippen molar-refractivity contribution in [2.75, 3.05) is 40.3 Å². The van der Waals surface area contributed by atoms with E-state index in [4.69, 9.17) is 16.9 Å². The van der Waals surface area contributed by atoms with Crippen molar-refractivity contribution in [1.29, 1.82) is 5.26 Å². The molecule has 0 aliphatic carbocycles. The molecule has 8 heteroatoms. The fourth-order valence-corrected chi connectivity index (χ4v) is 4.01. The average Bonchev–Trinajstić information content (AvgIpc) is 2.47. The van der Waals surface area contributed by atoms with Crippen molar-refractivity contribution < 1.29 is 8.42 Å². The Hall–Kier alpha value is -1.17. The van der Waals surface area contributed by atoms with E-state index >= 15 is 0 Å². The number of likely N-dealkylation sites (N-methyl/N-ethyl adjacent to an activating group) is 2. The van der Waals surface area contributed by atoms with Crippen LogP contribution < -0.4 is 4.72 Å². The maximum Gasteiger partial charge on any atom is 0.242 e. The molecule has 0 unspecified atom stereocenters. The van der Waals surface area contributed by atoms with Gasteiger partial charge in [0.25, 0.3) is 0 Å². The van der Waals surface area contributed by atoms with Gasteiger partial charge in [-0.15, -0.1) is 0 Å². The molecule has 0 spiro atoms. The average molecular weight is 343 g/mol. The SMILES string of the molecule is CN1CCN(C)[C@H](CNS(=O)(=O)c2ccc(C#N)cc2Cl)C1. The van der Waals surface area contributed by atoms with Crippen LogP contribution in [0.5, 0.6) is 0 Å². The summed E-state index contributed by atoms with van der Waals surface area (Å²) in [7, 11) is 0.314. The molecule has 2 rings (SSSR count). The fraction of sp³-hybridized carbons (Fsp3) is 0.500. The number of nitriles is 1. The van der Waals surface area contributed by atoms with E-state index in [1.54, 1.807) is 0 Å². The summed E-state index contributed by atoms with van der Waals surface area (Å²) in [5.74, 6) is 0.